The largest absolute Gasteiger partial charge is 0.478 e. The average Bonchev–Trinajstić information content (AvgIpc) is 2.76. The van der Waals surface area contributed by atoms with E-state index in [1.165, 1.54) is 29.7 Å². The number of hydrogen-bond donors (Lipinski definition) is 2. The Bertz CT molecular complexity index is 592. The molecule has 18 heavy (non-hydrogen) atoms. The number of anilines is 1. The average molecular weight is 263 g/mol. The first kappa shape index (κ1) is 12.2. The van der Waals surface area contributed by atoms with E-state index >= 15 is 0 Å². The number of aromatic carboxylic acids is 1. The van der Waals surface area contributed by atoms with Crippen molar-refractivity contribution in [2.75, 3.05) is 5.32 Å². The fraction of sp³-hybridized carbons (Fsp3) is 0.0909. The zero-order valence-corrected chi connectivity index (χ0v) is 10.2. The molecule has 0 aliphatic heterocycles. The third-order valence-electron chi connectivity index (χ3n) is 2.10. The molecule has 2 aromatic heterocycles. The summed E-state index contributed by atoms with van der Waals surface area (Å²) in [7, 11) is 0. The number of carbonyl (C=O) groups excluding carboxylic acids is 1. The van der Waals surface area contributed by atoms with Crippen molar-refractivity contribution in [3.63, 3.8) is 0 Å². The van der Waals surface area contributed by atoms with Crippen molar-refractivity contribution in [2.45, 2.75) is 6.92 Å². The Morgan fingerprint density at radius 2 is 2.17 bits per heavy atom. The van der Waals surface area contributed by atoms with Gasteiger partial charge in [-0.05, 0) is 19.1 Å². The van der Waals surface area contributed by atoms with Gasteiger partial charge in [-0.25, -0.2) is 14.8 Å². The quantitative estimate of drug-likeness (QED) is 0.880. The molecule has 92 valence electrons. The molecule has 1 amide bonds. The van der Waals surface area contributed by atoms with Gasteiger partial charge in [0.1, 0.15) is 11.5 Å². The Kier molecular flexibility index (Phi) is 3.33. The molecule has 0 aliphatic rings. The number of amides is 1. The molecule has 0 bridgehead atoms. The minimum atomic E-state index is -1.06. The summed E-state index contributed by atoms with van der Waals surface area (Å²) in [5.41, 5.74) is 0.388. The van der Waals surface area contributed by atoms with Crippen LogP contribution in [0.3, 0.4) is 0 Å². The van der Waals surface area contributed by atoms with Gasteiger partial charge in [-0.1, -0.05) is 0 Å². The lowest BCUT2D eigenvalue weighted by atomic mass is 10.3. The van der Waals surface area contributed by atoms with Crippen LogP contribution in [0.5, 0.6) is 0 Å². The summed E-state index contributed by atoms with van der Waals surface area (Å²) in [6.07, 6.45) is 1.18. The van der Waals surface area contributed by atoms with E-state index in [9.17, 15) is 9.59 Å². The number of rotatable bonds is 3. The molecule has 0 saturated heterocycles. The molecule has 6 nitrogen and oxygen atoms in total. The van der Waals surface area contributed by atoms with Crippen LogP contribution in [-0.4, -0.2) is 27.0 Å². The van der Waals surface area contributed by atoms with Crippen LogP contribution in [0.2, 0.25) is 0 Å². The molecule has 2 heterocycles. The van der Waals surface area contributed by atoms with Crippen LogP contribution in [0.1, 0.15) is 25.9 Å². The Morgan fingerprint density at radius 3 is 2.67 bits per heavy atom. The Labute approximate surface area is 106 Å². The number of nitrogens with zero attached hydrogens (tertiary/aromatic N) is 2. The van der Waals surface area contributed by atoms with Crippen LogP contribution in [0.15, 0.2) is 23.7 Å². The molecular formula is C11H9N3O3S. The summed E-state index contributed by atoms with van der Waals surface area (Å²) in [5, 5.41) is 13.7. The first-order chi connectivity index (χ1) is 8.56. The predicted molar refractivity (Wildman–Crippen MR) is 66.0 cm³/mol. The highest BCUT2D eigenvalue weighted by Gasteiger charge is 2.10. The maximum Gasteiger partial charge on any atom is 0.337 e. The minimum absolute atomic E-state index is 0.0671. The number of nitrogens with one attached hydrogen (secondary N) is 1. The van der Waals surface area contributed by atoms with Gasteiger partial charge in [-0.3, -0.25) is 4.79 Å². The van der Waals surface area contributed by atoms with E-state index in [1.54, 1.807) is 12.3 Å². The summed E-state index contributed by atoms with van der Waals surface area (Å²) in [6.45, 7) is 1.81. The van der Waals surface area contributed by atoms with Crippen LogP contribution in [0.25, 0.3) is 0 Å². The summed E-state index contributed by atoms with van der Waals surface area (Å²) in [4.78, 5) is 30.2. The summed E-state index contributed by atoms with van der Waals surface area (Å²) in [6, 6.07) is 2.80. The molecule has 0 aromatic carbocycles. The van der Waals surface area contributed by atoms with Crippen LogP contribution in [0.4, 0.5) is 5.82 Å². The monoisotopic (exact) mass is 263 g/mol. The highest BCUT2D eigenvalue weighted by Crippen LogP contribution is 2.11. The van der Waals surface area contributed by atoms with Gasteiger partial charge >= 0.3 is 5.97 Å². The van der Waals surface area contributed by atoms with Crippen molar-refractivity contribution in [1.29, 1.82) is 0 Å². The van der Waals surface area contributed by atoms with E-state index in [0.29, 0.717) is 5.69 Å². The van der Waals surface area contributed by atoms with Crippen molar-refractivity contribution in [2.24, 2.45) is 0 Å². The van der Waals surface area contributed by atoms with Gasteiger partial charge in [0.25, 0.3) is 5.91 Å². The van der Waals surface area contributed by atoms with Gasteiger partial charge in [0.15, 0.2) is 0 Å². The van der Waals surface area contributed by atoms with Crippen LogP contribution in [-0.2, 0) is 0 Å². The third-order valence-corrected chi connectivity index (χ3v) is 2.88. The number of aryl methyl sites for hydroxylation is 1. The van der Waals surface area contributed by atoms with E-state index in [0.717, 1.165) is 5.01 Å². The second-order valence-electron chi connectivity index (χ2n) is 3.44. The minimum Gasteiger partial charge on any atom is -0.478 e. The third kappa shape index (κ3) is 2.69. The van der Waals surface area contributed by atoms with Crippen LogP contribution >= 0.6 is 11.3 Å². The Hall–Kier alpha value is -2.28. The molecule has 0 saturated carbocycles. The number of pyridine rings is 1. The maximum absolute atomic E-state index is 11.7. The van der Waals surface area contributed by atoms with Crippen molar-refractivity contribution >= 4 is 29.0 Å². The van der Waals surface area contributed by atoms with Gasteiger partial charge in [0.2, 0.25) is 0 Å². The lowest BCUT2D eigenvalue weighted by Gasteiger charge is -2.02. The topological polar surface area (TPSA) is 92.2 Å². The molecule has 0 aliphatic carbocycles. The fourth-order valence-electron chi connectivity index (χ4n) is 1.24. The molecule has 0 spiro atoms. The van der Waals surface area contributed by atoms with E-state index < -0.39 is 5.97 Å². The van der Waals surface area contributed by atoms with E-state index in [4.69, 9.17) is 5.11 Å². The number of hydrogen-bond acceptors (Lipinski definition) is 5. The molecule has 2 N–H and O–H groups in total. The zero-order chi connectivity index (χ0) is 13.1. The second-order valence-corrected chi connectivity index (χ2v) is 4.51. The predicted octanol–water partition coefficient (Wildman–Crippen LogP) is 1.80. The van der Waals surface area contributed by atoms with Gasteiger partial charge in [-0.15, -0.1) is 11.3 Å². The Balaban J connectivity index is 2.10. The standard InChI is InChI=1S/C11H9N3O3S/c1-6-13-8(5-18-6)10(15)14-9-3-2-7(4-12-9)11(16)17/h2-5H,1H3,(H,16,17)(H,12,14,15). The summed E-state index contributed by atoms with van der Waals surface area (Å²) in [5.74, 6) is -1.14. The SMILES string of the molecule is Cc1nc(C(=O)Nc2ccc(C(=O)O)cn2)cs1. The Morgan fingerprint density at radius 1 is 1.39 bits per heavy atom. The number of thiazole rings is 1. The summed E-state index contributed by atoms with van der Waals surface area (Å²) < 4.78 is 0. The molecule has 2 aromatic rings. The number of aromatic nitrogens is 2. The van der Waals surface area contributed by atoms with Crippen molar-refractivity contribution in [3.05, 3.63) is 40.0 Å². The molecule has 0 atom stereocenters. The second kappa shape index (κ2) is 4.92. The molecule has 0 unspecified atom stereocenters. The first-order valence-electron chi connectivity index (χ1n) is 4.99. The summed E-state index contributed by atoms with van der Waals surface area (Å²) >= 11 is 1.38. The molecule has 0 radical (unpaired) electrons. The lowest BCUT2D eigenvalue weighted by Crippen LogP contribution is -2.13. The lowest BCUT2D eigenvalue weighted by molar-refractivity contribution is 0.0696. The van der Waals surface area contributed by atoms with Crippen molar-refractivity contribution in [3.8, 4) is 0 Å². The highest BCUT2D eigenvalue weighted by molar-refractivity contribution is 7.09. The number of carboxylic acids is 1. The highest BCUT2D eigenvalue weighted by atomic mass is 32.1. The van der Waals surface area contributed by atoms with Gasteiger partial charge in [0, 0.05) is 11.6 Å². The zero-order valence-electron chi connectivity index (χ0n) is 9.38. The van der Waals surface area contributed by atoms with E-state index in [2.05, 4.69) is 15.3 Å². The van der Waals surface area contributed by atoms with Crippen molar-refractivity contribution in [1.82, 2.24) is 9.97 Å². The van der Waals surface area contributed by atoms with E-state index in [1.807, 2.05) is 0 Å². The molecule has 2 rings (SSSR count). The first-order valence-corrected chi connectivity index (χ1v) is 5.87. The van der Waals surface area contributed by atoms with Crippen LogP contribution in [0, 0.1) is 6.92 Å². The molecule has 0 fully saturated rings. The van der Waals surface area contributed by atoms with Gasteiger partial charge in [-0.2, -0.15) is 0 Å². The number of carbonyl (C=O) groups is 2. The normalized spacial score (nSPS) is 10.1. The fourth-order valence-corrected chi connectivity index (χ4v) is 1.84. The van der Waals surface area contributed by atoms with Gasteiger partial charge in [0.05, 0.1) is 10.6 Å². The van der Waals surface area contributed by atoms with Crippen LogP contribution < -0.4 is 5.32 Å². The molecule has 7 heteroatoms. The maximum atomic E-state index is 11.7. The molecular weight excluding hydrogens is 254 g/mol. The van der Waals surface area contributed by atoms with Crippen molar-refractivity contribution < 1.29 is 14.7 Å². The smallest absolute Gasteiger partial charge is 0.337 e. The number of carboxylic acid groups (broad SMARTS) is 1. The van der Waals surface area contributed by atoms with Gasteiger partial charge < -0.3 is 10.4 Å². The van der Waals surface area contributed by atoms with E-state index in [-0.39, 0.29) is 17.3 Å².